The first-order valence-corrected chi connectivity index (χ1v) is 9.42. The van der Waals surface area contributed by atoms with E-state index in [1.54, 1.807) is 4.90 Å². The van der Waals surface area contributed by atoms with Gasteiger partial charge in [0.05, 0.1) is 32.2 Å². The summed E-state index contributed by atoms with van der Waals surface area (Å²) in [5.41, 5.74) is 1.48. The maximum atomic E-state index is 3.52. The highest BCUT2D eigenvalue weighted by molar-refractivity contribution is 9.10. The van der Waals surface area contributed by atoms with Crippen molar-refractivity contribution in [3.63, 3.8) is 0 Å². The Bertz CT molecular complexity index is 429. The molecule has 116 valence electrons. The number of benzene rings is 1. The maximum absolute atomic E-state index is 3.52. The van der Waals surface area contributed by atoms with Crippen LogP contribution < -0.4 is 9.80 Å². The van der Waals surface area contributed by atoms with E-state index in [1.165, 1.54) is 68.4 Å². The van der Waals surface area contributed by atoms with Crippen LogP contribution in [0.5, 0.6) is 0 Å². The Morgan fingerprint density at radius 3 is 2.19 bits per heavy atom. The molecule has 0 atom stereocenters. The van der Waals surface area contributed by atoms with Crippen LogP contribution in [0.25, 0.3) is 0 Å². The molecule has 2 aliphatic rings. The Labute approximate surface area is 137 Å². The van der Waals surface area contributed by atoms with Gasteiger partial charge in [0.15, 0.2) is 0 Å². The molecule has 2 saturated heterocycles. The van der Waals surface area contributed by atoms with E-state index in [1.807, 2.05) is 4.90 Å². The Morgan fingerprint density at radius 2 is 1.57 bits per heavy atom. The summed E-state index contributed by atoms with van der Waals surface area (Å²) in [6.07, 6.45) is 5.74. The molecule has 3 rings (SSSR count). The fourth-order valence-corrected chi connectivity index (χ4v) is 4.31. The Hall–Kier alpha value is -0.380. The fraction of sp³-hybridized carbons (Fsp3) is 0.667. The molecule has 0 aromatic heterocycles. The van der Waals surface area contributed by atoms with Crippen molar-refractivity contribution in [3.8, 4) is 0 Å². The summed E-state index contributed by atoms with van der Waals surface area (Å²) in [6, 6.07) is 9.81. The zero-order chi connectivity index (χ0) is 14.7. The van der Waals surface area contributed by atoms with Crippen LogP contribution in [0.15, 0.2) is 28.7 Å². The number of quaternary nitrogens is 2. The minimum atomic E-state index is 0.950. The zero-order valence-corrected chi connectivity index (χ0v) is 14.8. The lowest BCUT2D eigenvalue weighted by Crippen LogP contribution is -3.20. The first-order chi connectivity index (χ1) is 10.2. The molecule has 0 unspecified atom stereocenters. The molecule has 2 fully saturated rings. The minimum Gasteiger partial charge on any atom is -0.332 e. The lowest BCUT2D eigenvalue weighted by Gasteiger charge is -2.37. The van der Waals surface area contributed by atoms with E-state index in [2.05, 4.69) is 47.1 Å². The van der Waals surface area contributed by atoms with Crippen molar-refractivity contribution in [2.45, 2.75) is 45.2 Å². The molecule has 0 amide bonds. The average Bonchev–Trinajstić information content (AvgIpc) is 2.51. The predicted molar refractivity (Wildman–Crippen MR) is 90.7 cm³/mol. The van der Waals surface area contributed by atoms with Gasteiger partial charge in [0.25, 0.3) is 0 Å². The molecule has 3 heteroatoms. The fourth-order valence-electron chi connectivity index (χ4n) is 4.04. The third kappa shape index (κ3) is 4.30. The summed E-state index contributed by atoms with van der Waals surface area (Å²) >= 11 is 3.52. The Kier molecular flexibility index (Phi) is 5.36. The summed E-state index contributed by atoms with van der Waals surface area (Å²) in [5, 5.41) is 0. The smallest absolute Gasteiger partial charge is 0.103 e. The maximum Gasteiger partial charge on any atom is 0.103 e. The standard InChI is InChI=1S/C18H27BrN2/c1-15-6-12-21(13-7-15)18-8-10-20(11-9-18)14-16-2-4-17(19)5-3-16/h2-5,15,18H,6-14H2,1H3/p+2. The molecule has 2 heterocycles. The molecule has 0 radical (unpaired) electrons. The van der Waals surface area contributed by atoms with Gasteiger partial charge in [-0.15, -0.1) is 0 Å². The molecule has 2 nitrogen and oxygen atoms in total. The molecule has 1 aromatic carbocycles. The van der Waals surface area contributed by atoms with Gasteiger partial charge in [-0.3, -0.25) is 0 Å². The van der Waals surface area contributed by atoms with Crippen LogP contribution in [0, 0.1) is 5.92 Å². The number of hydrogen-bond acceptors (Lipinski definition) is 0. The number of likely N-dealkylation sites (tertiary alicyclic amines) is 2. The monoisotopic (exact) mass is 352 g/mol. The number of hydrogen-bond donors (Lipinski definition) is 2. The highest BCUT2D eigenvalue weighted by atomic mass is 79.9. The molecule has 0 bridgehead atoms. The van der Waals surface area contributed by atoms with E-state index in [-0.39, 0.29) is 0 Å². The van der Waals surface area contributed by atoms with Crippen molar-refractivity contribution in [3.05, 3.63) is 34.3 Å². The molecule has 0 spiro atoms. The number of rotatable bonds is 3. The second-order valence-corrected chi connectivity index (χ2v) is 8.08. The molecule has 21 heavy (non-hydrogen) atoms. The van der Waals surface area contributed by atoms with Crippen LogP contribution in [0.2, 0.25) is 0 Å². The van der Waals surface area contributed by atoms with Crippen molar-refractivity contribution in [1.29, 1.82) is 0 Å². The van der Waals surface area contributed by atoms with Gasteiger partial charge in [-0.05, 0) is 30.9 Å². The first-order valence-electron chi connectivity index (χ1n) is 8.63. The molecule has 0 saturated carbocycles. The Morgan fingerprint density at radius 1 is 0.952 bits per heavy atom. The topological polar surface area (TPSA) is 8.88 Å². The highest BCUT2D eigenvalue weighted by Crippen LogP contribution is 2.11. The molecule has 1 aromatic rings. The van der Waals surface area contributed by atoms with E-state index in [9.17, 15) is 0 Å². The predicted octanol–water partition coefficient (Wildman–Crippen LogP) is 1.31. The summed E-state index contributed by atoms with van der Waals surface area (Å²) < 4.78 is 1.18. The van der Waals surface area contributed by atoms with Crippen LogP contribution in [0.1, 0.15) is 38.2 Å². The SMILES string of the molecule is CC1CC[NH+](C2CC[NH+](Cc3ccc(Br)cc3)CC2)CC1. The number of piperidine rings is 2. The molecular formula is C18H29BrN2+2. The third-order valence-corrected chi connectivity index (χ3v) is 6.08. The van der Waals surface area contributed by atoms with Crippen molar-refractivity contribution < 1.29 is 9.80 Å². The van der Waals surface area contributed by atoms with Crippen LogP contribution >= 0.6 is 15.9 Å². The Balaban J connectivity index is 1.45. The summed E-state index contributed by atoms with van der Waals surface area (Å²) in [7, 11) is 0. The summed E-state index contributed by atoms with van der Waals surface area (Å²) in [5.74, 6) is 0.969. The van der Waals surface area contributed by atoms with Gasteiger partial charge < -0.3 is 9.80 Å². The van der Waals surface area contributed by atoms with E-state index >= 15 is 0 Å². The van der Waals surface area contributed by atoms with Crippen LogP contribution in [-0.2, 0) is 6.54 Å². The lowest BCUT2D eigenvalue weighted by molar-refractivity contribution is -0.966. The quantitative estimate of drug-likeness (QED) is 0.811. The van der Waals surface area contributed by atoms with Crippen LogP contribution in [-0.4, -0.2) is 32.2 Å². The van der Waals surface area contributed by atoms with E-state index < -0.39 is 0 Å². The lowest BCUT2D eigenvalue weighted by atomic mass is 9.95. The van der Waals surface area contributed by atoms with Gasteiger partial charge in [-0.25, -0.2) is 0 Å². The minimum absolute atomic E-state index is 0.950. The van der Waals surface area contributed by atoms with Gasteiger partial charge in [-0.2, -0.15) is 0 Å². The highest BCUT2D eigenvalue weighted by Gasteiger charge is 2.31. The van der Waals surface area contributed by atoms with Crippen LogP contribution in [0.3, 0.4) is 0 Å². The van der Waals surface area contributed by atoms with Gasteiger partial charge in [0, 0.05) is 22.9 Å². The first kappa shape index (κ1) is 15.5. The van der Waals surface area contributed by atoms with E-state index in [4.69, 9.17) is 0 Å². The van der Waals surface area contributed by atoms with E-state index in [0.29, 0.717) is 0 Å². The normalized spacial score (nSPS) is 33.8. The molecule has 0 aliphatic carbocycles. The van der Waals surface area contributed by atoms with Gasteiger partial charge >= 0.3 is 0 Å². The van der Waals surface area contributed by atoms with Gasteiger partial charge in [0.1, 0.15) is 6.54 Å². The van der Waals surface area contributed by atoms with Gasteiger partial charge in [0.2, 0.25) is 0 Å². The number of nitrogens with one attached hydrogen (secondary N) is 2. The van der Waals surface area contributed by atoms with Crippen molar-refractivity contribution >= 4 is 15.9 Å². The molecule has 2 N–H and O–H groups in total. The summed E-state index contributed by atoms with van der Waals surface area (Å²) in [6.45, 7) is 9.19. The second kappa shape index (κ2) is 7.26. The molecular weight excluding hydrogens is 324 g/mol. The number of halogens is 1. The molecule has 2 aliphatic heterocycles. The van der Waals surface area contributed by atoms with Gasteiger partial charge in [-0.1, -0.05) is 35.0 Å². The summed E-state index contributed by atoms with van der Waals surface area (Å²) in [4.78, 5) is 3.69. The zero-order valence-electron chi connectivity index (χ0n) is 13.2. The van der Waals surface area contributed by atoms with Crippen molar-refractivity contribution in [2.75, 3.05) is 26.2 Å². The largest absolute Gasteiger partial charge is 0.332 e. The van der Waals surface area contributed by atoms with Crippen LogP contribution in [0.4, 0.5) is 0 Å². The average molecular weight is 353 g/mol. The van der Waals surface area contributed by atoms with Crippen molar-refractivity contribution in [1.82, 2.24) is 0 Å². The van der Waals surface area contributed by atoms with E-state index in [0.717, 1.165) is 12.0 Å². The third-order valence-electron chi connectivity index (χ3n) is 5.55. The second-order valence-electron chi connectivity index (χ2n) is 7.17. The van der Waals surface area contributed by atoms with Crippen molar-refractivity contribution in [2.24, 2.45) is 5.92 Å².